The number of aromatic nitrogens is 3. The van der Waals surface area contributed by atoms with E-state index in [1.807, 2.05) is 0 Å². The Morgan fingerprint density at radius 2 is 1.78 bits per heavy atom. The number of thioether (sulfide) groups is 1. The second kappa shape index (κ2) is 9.79. The molecule has 11 heteroatoms. The highest BCUT2D eigenvalue weighted by molar-refractivity contribution is 8.00. The third kappa shape index (κ3) is 4.58. The molecule has 3 rings (SSSR count). The van der Waals surface area contributed by atoms with Gasteiger partial charge in [-0.2, -0.15) is 0 Å². The predicted molar refractivity (Wildman–Crippen MR) is 120 cm³/mol. The summed E-state index contributed by atoms with van der Waals surface area (Å²) in [6, 6.07) is 6.29. The number of aryl methyl sites for hydroxylation is 1. The lowest BCUT2D eigenvalue weighted by atomic mass is 10.2. The van der Waals surface area contributed by atoms with E-state index in [0.717, 1.165) is 16.3 Å². The minimum Gasteiger partial charge on any atom is -0.465 e. The van der Waals surface area contributed by atoms with E-state index in [0.29, 0.717) is 21.7 Å². The zero-order chi connectivity index (χ0) is 23.4. The molecule has 2 heterocycles. The molecular formula is C21H22N4O6S. The van der Waals surface area contributed by atoms with Crippen LogP contribution in [0.15, 0.2) is 44.9 Å². The van der Waals surface area contributed by atoms with Gasteiger partial charge < -0.3 is 14.8 Å². The van der Waals surface area contributed by atoms with E-state index in [-0.39, 0.29) is 29.3 Å². The van der Waals surface area contributed by atoms with E-state index in [9.17, 15) is 19.2 Å². The maximum absolute atomic E-state index is 12.8. The van der Waals surface area contributed by atoms with Crippen LogP contribution in [-0.4, -0.2) is 46.0 Å². The molecule has 1 amide bonds. The molecule has 0 fully saturated rings. The predicted octanol–water partition coefficient (Wildman–Crippen LogP) is 1.30. The molecule has 0 radical (unpaired) electrons. The van der Waals surface area contributed by atoms with Gasteiger partial charge in [-0.25, -0.2) is 14.6 Å². The monoisotopic (exact) mass is 458 g/mol. The zero-order valence-corrected chi connectivity index (χ0v) is 18.8. The lowest BCUT2D eigenvalue weighted by molar-refractivity contribution is -0.113. The van der Waals surface area contributed by atoms with Gasteiger partial charge in [-0.1, -0.05) is 0 Å². The SMILES string of the molecule is COCc1cnc2c(c1SCC(=O)Nc1ccc(C(=O)OC)cc1)c(=O)n(C)c(=O)n2C. The molecule has 10 nitrogen and oxygen atoms in total. The molecule has 168 valence electrons. The van der Waals surface area contributed by atoms with Crippen molar-refractivity contribution in [3.05, 3.63) is 62.4 Å². The van der Waals surface area contributed by atoms with Crippen LogP contribution in [0.25, 0.3) is 11.0 Å². The molecule has 0 aliphatic carbocycles. The molecule has 0 saturated carbocycles. The quantitative estimate of drug-likeness (QED) is 0.415. The van der Waals surface area contributed by atoms with Gasteiger partial charge in [0.1, 0.15) is 5.65 Å². The molecule has 0 unspecified atom stereocenters. The van der Waals surface area contributed by atoms with Gasteiger partial charge in [-0.15, -0.1) is 11.8 Å². The van der Waals surface area contributed by atoms with Crippen LogP contribution >= 0.6 is 11.8 Å². The smallest absolute Gasteiger partial charge is 0.337 e. The second-order valence-electron chi connectivity index (χ2n) is 6.86. The number of hydrogen-bond donors (Lipinski definition) is 1. The fraction of sp³-hybridized carbons (Fsp3) is 0.286. The van der Waals surface area contributed by atoms with E-state index < -0.39 is 17.2 Å². The van der Waals surface area contributed by atoms with Crippen molar-refractivity contribution in [3.8, 4) is 0 Å². The van der Waals surface area contributed by atoms with E-state index in [2.05, 4.69) is 15.0 Å². The van der Waals surface area contributed by atoms with Gasteiger partial charge in [-0.05, 0) is 24.3 Å². The van der Waals surface area contributed by atoms with Crippen molar-refractivity contribution in [3.63, 3.8) is 0 Å². The van der Waals surface area contributed by atoms with Crippen LogP contribution in [0, 0.1) is 0 Å². The molecule has 32 heavy (non-hydrogen) atoms. The standard InChI is InChI=1S/C21H22N4O6S/c1-24-18-16(19(27)25(2)21(24)29)17(13(9-22-18)10-30-3)32-11-15(26)23-14-7-5-12(6-8-14)20(28)31-4/h5-9H,10-11H2,1-4H3,(H,23,26). The highest BCUT2D eigenvalue weighted by atomic mass is 32.2. The molecule has 2 aromatic heterocycles. The van der Waals surface area contributed by atoms with E-state index in [1.165, 1.54) is 39.1 Å². The highest BCUT2D eigenvalue weighted by Crippen LogP contribution is 2.28. The molecule has 0 atom stereocenters. The number of fused-ring (bicyclic) bond motifs is 1. The van der Waals surface area contributed by atoms with Crippen molar-refractivity contribution >= 4 is 40.4 Å². The van der Waals surface area contributed by atoms with Crippen molar-refractivity contribution < 1.29 is 19.1 Å². The normalized spacial score (nSPS) is 10.9. The number of pyridine rings is 1. The number of nitrogens with zero attached hydrogens (tertiary/aromatic N) is 3. The molecule has 0 bridgehead atoms. The number of anilines is 1. The lowest BCUT2D eigenvalue weighted by Gasteiger charge is -2.14. The summed E-state index contributed by atoms with van der Waals surface area (Å²) in [6.45, 7) is 0.188. The van der Waals surface area contributed by atoms with Gasteiger partial charge in [0.25, 0.3) is 5.56 Å². The van der Waals surface area contributed by atoms with Crippen LogP contribution in [0.5, 0.6) is 0 Å². The van der Waals surface area contributed by atoms with Crippen molar-refractivity contribution in [2.24, 2.45) is 14.1 Å². The Morgan fingerprint density at radius 3 is 2.41 bits per heavy atom. The van der Waals surface area contributed by atoms with Crippen molar-refractivity contribution in [2.75, 3.05) is 25.3 Å². The summed E-state index contributed by atoms with van der Waals surface area (Å²) in [5.41, 5.74) is 0.774. The Balaban J connectivity index is 1.88. The number of hydrogen-bond acceptors (Lipinski definition) is 8. The van der Waals surface area contributed by atoms with Crippen LogP contribution in [0.1, 0.15) is 15.9 Å². The topological polar surface area (TPSA) is 122 Å². The lowest BCUT2D eigenvalue weighted by Crippen LogP contribution is -2.37. The number of benzene rings is 1. The second-order valence-corrected chi connectivity index (χ2v) is 7.84. The summed E-state index contributed by atoms with van der Waals surface area (Å²) in [4.78, 5) is 53.9. The van der Waals surface area contributed by atoms with Crippen LogP contribution in [0.4, 0.5) is 5.69 Å². The molecule has 1 aromatic carbocycles. The van der Waals surface area contributed by atoms with E-state index in [4.69, 9.17) is 4.74 Å². The van der Waals surface area contributed by atoms with Crippen LogP contribution < -0.4 is 16.6 Å². The average Bonchev–Trinajstić information content (AvgIpc) is 2.80. The molecule has 0 aliphatic heterocycles. The van der Waals surface area contributed by atoms with E-state index in [1.54, 1.807) is 24.3 Å². The minimum absolute atomic E-state index is 0.000571. The van der Waals surface area contributed by atoms with Crippen LogP contribution in [0.2, 0.25) is 0 Å². The molecule has 3 aromatic rings. The van der Waals surface area contributed by atoms with Gasteiger partial charge in [0.15, 0.2) is 0 Å². The third-order valence-corrected chi connectivity index (χ3v) is 5.89. The molecular weight excluding hydrogens is 436 g/mol. The summed E-state index contributed by atoms with van der Waals surface area (Å²) < 4.78 is 12.2. The first kappa shape index (κ1) is 23.2. The Kier molecular flexibility index (Phi) is 7.11. The van der Waals surface area contributed by atoms with Gasteiger partial charge in [0.05, 0.1) is 30.4 Å². The maximum atomic E-state index is 12.8. The fourth-order valence-corrected chi connectivity index (χ4v) is 4.07. The fourth-order valence-electron chi connectivity index (χ4n) is 3.11. The maximum Gasteiger partial charge on any atom is 0.337 e. The first-order chi connectivity index (χ1) is 15.3. The number of carbonyl (C=O) groups excluding carboxylic acids is 2. The molecule has 0 spiro atoms. The Bertz CT molecular complexity index is 1300. The number of nitrogens with one attached hydrogen (secondary N) is 1. The number of amides is 1. The van der Waals surface area contributed by atoms with Gasteiger partial charge in [0, 0.05) is 43.5 Å². The number of rotatable bonds is 7. The third-order valence-electron chi connectivity index (χ3n) is 4.73. The molecule has 0 saturated heterocycles. The summed E-state index contributed by atoms with van der Waals surface area (Å²) in [6.07, 6.45) is 1.54. The van der Waals surface area contributed by atoms with Gasteiger partial charge >= 0.3 is 11.7 Å². The van der Waals surface area contributed by atoms with E-state index >= 15 is 0 Å². The highest BCUT2D eigenvalue weighted by Gasteiger charge is 2.19. The Hall–Kier alpha value is -3.44. The minimum atomic E-state index is -0.491. The zero-order valence-electron chi connectivity index (χ0n) is 18.0. The first-order valence-corrected chi connectivity index (χ1v) is 10.4. The van der Waals surface area contributed by atoms with Crippen molar-refractivity contribution in [1.82, 2.24) is 14.1 Å². The van der Waals surface area contributed by atoms with Gasteiger partial charge in [0.2, 0.25) is 5.91 Å². The first-order valence-electron chi connectivity index (χ1n) is 9.46. The summed E-state index contributed by atoms with van der Waals surface area (Å²) in [5, 5.41) is 3.00. The Morgan fingerprint density at radius 1 is 1.09 bits per heavy atom. The van der Waals surface area contributed by atoms with Crippen molar-refractivity contribution in [2.45, 2.75) is 11.5 Å². The van der Waals surface area contributed by atoms with Crippen LogP contribution in [-0.2, 0) is 35.0 Å². The number of carbonyl (C=O) groups is 2. The largest absolute Gasteiger partial charge is 0.465 e. The van der Waals surface area contributed by atoms with Crippen molar-refractivity contribution in [1.29, 1.82) is 0 Å². The van der Waals surface area contributed by atoms with Gasteiger partial charge in [-0.3, -0.25) is 18.7 Å². The summed E-state index contributed by atoms with van der Waals surface area (Å²) in [7, 11) is 5.74. The Labute approximate surface area is 187 Å². The van der Waals surface area contributed by atoms with Crippen LogP contribution in [0.3, 0.4) is 0 Å². The summed E-state index contributed by atoms with van der Waals surface area (Å²) in [5.74, 6) is -0.777. The summed E-state index contributed by atoms with van der Waals surface area (Å²) >= 11 is 1.16. The molecule has 1 N–H and O–H groups in total. The average molecular weight is 458 g/mol. The number of ether oxygens (including phenoxy) is 2. The molecule has 0 aliphatic rings. The number of methoxy groups -OCH3 is 2. The number of esters is 1.